The van der Waals surface area contributed by atoms with Gasteiger partial charge in [0.15, 0.2) is 5.78 Å². The van der Waals surface area contributed by atoms with E-state index in [-0.39, 0.29) is 11.7 Å². The van der Waals surface area contributed by atoms with Gasteiger partial charge in [0.05, 0.1) is 0 Å². The minimum Gasteiger partial charge on any atom is -0.294 e. The van der Waals surface area contributed by atoms with Crippen LogP contribution in [0.1, 0.15) is 55.5 Å². The summed E-state index contributed by atoms with van der Waals surface area (Å²) >= 11 is 6.06. The van der Waals surface area contributed by atoms with Gasteiger partial charge in [-0.2, -0.15) is 0 Å². The number of ketones is 1. The summed E-state index contributed by atoms with van der Waals surface area (Å²) in [4.78, 5) is 12.3. The van der Waals surface area contributed by atoms with Crippen molar-refractivity contribution in [2.45, 2.75) is 46.5 Å². The van der Waals surface area contributed by atoms with Crippen molar-refractivity contribution in [2.24, 2.45) is 5.92 Å². The molecule has 0 aliphatic rings. The third-order valence-electron chi connectivity index (χ3n) is 3.23. The van der Waals surface area contributed by atoms with E-state index in [1.807, 2.05) is 19.1 Å². The summed E-state index contributed by atoms with van der Waals surface area (Å²) in [5.41, 5.74) is 1.77. The molecule has 1 aromatic carbocycles. The number of rotatable bonds is 6. The molecule has 0 radical (unpaired) electrons. The molecule has 0 saturated carbocycles. The maximum Gasteiger partial charge on any atom is 0.165 e. The van der Waals surface area contributed by atoms with Crippen molar-refractivity contribution in [3.8, 4) is 0 Å². The van der Waals surface area contributed by atoms with Crippen LogP contribution in [0.3, 0.4) is 0 Å². The van der Waals surface area contributed by atoms with Gasteiger partial charge in [-0.3, -0.25) is 4.79 Å². The zero-order chi connectivity index (χ0) is 12.8. The number of unbranched alkanes of at least 4 members (excludes halogenated alkanes) is 1. The van der Waals surface area contributed by atoms with Crippen molar-refractivity contribution < 1.29 is 4.79 Å². The third kappa shape index (κ3) is 3.85. The van der Waals surface area contributed by atoms with Crippen molar-refractivity contribution >= 4 is 17.4 Å². The van der Waals surface area contributed by atoms with E-state index in [0.29, 0.717) is 5.02 Å². The summed E-state index contributed by atoms with van der Waals surface area (Å²) in [6.45, 7) is 6.18. The number of carbonyl (C=O) groups is 1. The average molecular weight is 253 g/mol. The largest absolute Gasteiger partial charge is 0.294 e. The van der Waals surface area contributed by atoms with Gasteiger partial charge in [0.1, 0.15) is 0 Å². The van der Waals surface area contributed by atoms with Crippen LogP contribution in [0, 0.1) is 12.8 Å². The minimum atomic E-state index is 0.147. The van der Waals surface area contributed by atoms with Gasteiger partial charge in [-0.1, -0.05) is 50.4 Å². The molecule has 1 aromatic rings. The van der Waals surface area contributed by atoms with E-state index in [0.717, 1.165) is 36.8 Å². The first-order chi connectivity index (χ1) is 8.10. The number of hydrogen-bond donors (Lipinski definition) is 0. The van der Waals surface area contributed by atoms with Crippen LogP contribution in [0.2, 0.25) is 5.02 Å². The Labute approximate surface area is 109 Å². The number of carbonyl (C=O) groups excluding carboxylic acids is 1. The molecule has 0 N–H and O–H groups in total. The highest BCUT2D eigenvalue weighted by molar-refractivity contribution is 6.31. The van der Waals surface area contributed by atoms with Crippen molar-refractivity contribution in [1.29, 1.82) is 0 Å². The number of Topliss-reactive ketones (excluding diaryl/α,β-unsaturated/α-hetero) is 1. The van der Waals surface area contributed by atoms with Gasteiger partial charge in [-0.05, 0) is 31.4 Å². The van der Waals surface area contributed by atoms with Crippen LogP contribution >= 0.6 is 11.6 Å². The fraction of sp³-hybridized carbons (Fsp3) is 0.533. The van der Waals surface area contributed by atoms with E-state index < -0.39 is 0 Å². The van der Waals surface area contributed by atoms with Gasteiger partial charge in [0.25, 0.3) is 0 Å². The van der Waals surface area contributed by atoms with Gasteiger partial charge in [0.2, 0.25) is 0 Å². The Balaban J connectivity index is 2.82. The number of benzene rings is 1. The second kappa shape index (κ2) is 6.80. The van der Waals surface area contributed by atoms with Crippen molar-refractivity contribution in [3.63, 3.8) is 0 Å². The summed E-state index contributed by atoms with van der Waals surface area (Å²) in [5.74, 6) is 0.386. The second-order valence-electron chi connectivity index (χ2n) is 4.58. The monoisotopic (exact) mass is 252 g/mol. The Morgan fingerprint density at radius 2 is 2.06 bits per heavy atom. The van der Waals surface area contributed by atoms with E-state index in [2.05, 4.69) is 13.8 Å². The minimum absolute atomic E-state index is 0.147. The molecule has 0 aromatic heterocycles. The maximum absolute atomic E-state index is 12.3. The highest BCUT2D eigenvalue weighted by atomic mass is 35.5. The smallest absolute Gasteiger partial charge is 0.165 e. The normalized spacial score (nSPS) is 12.5. The first-order valence-corrected chi connectivity index (χ1v) is 6.78. The van der Waals surface area contributed by atoms with Crippen LogP contribution in [0.25, 0.3) is 0 Å². The number of aryl methyl sites for hydroxylation is 1. The second-order valence-corrected chi connectivity index (χ2v) is 4.98. The summed E-state index contributed by atoms with van der Waals surface area (Å²) in [6.07, 6.45) is 4.14. The molecule has 0 heterocycles. The summed E-state index contributed by atoms with van der Waals surface area (Å²) in [6, 6.07) is 5.61. The Morgan fingerprint density at radius 3 is 2.59 bits per heavy atom. The van der Waals surface area contributed by atoms with E-state index >= 15 is 0 Å². The molecular weight excluding hydrogens is 232 g/mol. The third-order valence-corrected chi connectivity index (χ3v) is 3.63. The molecule has 0 aliphatic carbocycles. The molecule has 1 atom stereocenters. The quantitative estimate of drug-likeness (QED) is 0.648. The number of halogens is 1. The lowest BCUT2D eigenvalue weighted by molar-refractivity contribution is 0.0908. The Kier molecular flexibility index (Phi) is 5.70. The van der Waals surface area contributed by atoms with Crippen LogP contribution in [-0.2, 0) is 0 Å². The highest BCUT2D eigenvalue weighted by Crippen LogP contribution is 2.22. The maximum atomic E-state index is 12.3. The molecular formula is C15H21ClO. The molecule has 0 aliphatic heterocycles. The summed E-state index contributed by atoms with van der Waals surface area (Å²) < 4.78 is 0. The van der Waals surface area contributed by atoms with Gasteiger partial charge < -0.3 is 0 Å². The van der Waals surface area contributed by atoms with Crippen LogP contribution in [0.4, 0.5) is 0 Å². The summed E-state index contributed by atoms with van der Waals surface area (Å²) in [7, 11) is 0. The highest BCUT2D eigenvalue weighted by Gasteiger charge is 2.18. The Hall–Kier alpha value is -0.820. The van der Waals surface area contributed by atoms with Gasteiger partial charge in [-0.15, -0.1) is 0 Å². The standard InChI is InChI=1S/C15H21ClO/c1-4-6-7-12(5-2)15(17)13-9-8-11(3)14(16)10-13/h8-10,12H,4-7H2,1-3H3. The molecule has 1 nitrogen and oxygen atoms in total. The molecule has 0 spiro atoms. The first-order valence-electron chi connectivity index (χ1n) is 6.40. The molecule has 94 valence electrons. The van der Waals surface area contributed by atoms with Crippen molar-refractivity contribution in [2.75, 3.05) is 0 Å². The topological polar surface area (TPSA) is 17.1 Å². The van der Waals surface area contributed by atoms with Gasteiger partial charge in [0, 0.05) is 16.5 Å². The van der Waals surface area contributed by atoms with Gasteiger partial charge in [-0.25, -0.2) is 0 Å². The lowest BCUT2D eigenvalue weighted by Crippen LogP contribution is -2.14. The van der Waals surface area contributed by atoms with Crippen molar-refractivity contribution in [1.82, 2.24) is 0 Å². The lowest BCUT2D eigenvalue weighted by Gasteiger charge is -2.13. The Bertz CT molecular complexity index is 385. The predicted octanol–water partition coefficient (Wildman–Crippen LogP) is 5.05. The van der Waals surface area contributed by atoms with Gasteiger partial charge >= 0.3 is 0 Å². The SMILES string of the molecule is CCCCC(CC)C(=O)c1ccc(C)c(Cl)c1. The first kappa shape index (κ1) is 14.2. The van der Waals surface area contributed by atoms with E-state index in [4.69, 9.17) is 11.6 Å². The molecule has 1 rings (SSSR count). The average Bonchev–Trinajstić information content (AvgIpc) is 2.33. The predicted molar refractivity (Wildman–Crippen MR) is 73.8 cm³/mol. The molecule has 1 unspecified atom stereocenters. The molecule has 0 fully saturated rings. The molecule has 2 heteroatoms. The molecule has 0 saturated heterocycles. The van der Waals surface area contributed by atoms with Crippen LogP contribution < -0.4 is 0 Å². The van der Waals surface area contributed by atoms with Crippen molar-refractivity contribution in [3.05, 3.63) is 34.3 Å². The van der Waals surface area contributed by atoms with E-state index in [9.17, 15) is 4.79 Å². The van der Waals surface area contributed by atoms with E-state index in [1.54, 1.807) is 6.07 Å². The fourth-order valence-corrected chi connectivity index (χ4v) is 2.13. The fourth-order valence-electron chi connectivity index (χ4n) is 1.95. The van der Waals surface area contributed by atoms with E-state index in [1.165, 1.54) is 0 Å². The van der Waals surface area contributed by atoms with Crippen LogP contribution in [-0.4, -0.2) is 5.78 Å². The molecule has 17 heavy (non-hydrogen) atoms. The molecule has 0 amide bonds. The molecule has 0 bridgehead atoms. The van der Waals surface area contributed by atoms with Crippen LogP contribution in [0.5, 0.6) is 0 Å². The summed E-state index contributed by atoms with van der Waals surface area (Å²) in [5, 5.41) is 0.682. The zero-order valence-corrected chi connectivity index (χ0v) is 11.7. The number of hydrogen-bond acceptors (Lipinski definition) is 1. The van der Waals surface area contributed by atoms with Crippen LogP contribution in [0.15, 0.2) is 18.2 Å². The zero-order valence-electron chi connectivity index (χ0n) is 10.9. The lowest BCUT2D eigenvalue weighted by atomic mass is 9.90. The Morgan fingerprint density at radius 1 is 1.35 bits per heavy atom.